The molecule has 0 spiro atoms. The monoisotopic (exact) mass is 296 g/mol. The van der Waals surface area contributed by atoms with E-state index in [2.05, 4.69) is 29.0 Å². The van der Waals surface area contributed by atoms with Crippen LogP contribution in [0.3, 0.4) is 0 Å². The maximum Gasteiger partial charge on any atom is 0.311 e. The van der Waals surface area contributed by atoms with Crippen molar-refractivity contribution >= 4 is 29.1 Å². The molecule has 1 aromatic rings. The minimum atomic E-state index is -0.350. The molecule has 2 heterocycles. The summed E-state index contributed by atoms with van der Waals surface area (Å²) in [5.41, 5.74) is 0.0811. The average molecular weight is 296 g/mol. The molecule has 6 nitrogen and oxygen atoms in total. The molecule has 110 valence electrons. The summed E-state index contributed by atoms with van der Waals surface area (Å²) in [6.07, 6.45) is 0. The summed E-state index contributed by atoms with van der Waals surface area (Å²) in [5.74, 6) is 2.13. The molecule has 20 heavy (non-hydrogen) atoms. The number of aromatic nitrogens is 1. The molecule has 0 radical (unpaired) electrons. The maximum atomic E-state index is 11.2. The molecule has 2 unspecified atom stereocenters. The zero-order valence-electron chi connectivity index (χ0n) is 12.0. The van der Waals surface area contributed by atoms with Crippen molar-refractivity contribution in [2.24, 2.45) is 0 Å². The topological polar surface area (TPSA) is 71.3 Å². The quantitative estimate of drug-likeness (QED) is 0.680. The van der Waals surface area contributed by atoms with Crippen molar-refractivity contribution in [3.05, 3.63) is 22.2 Å². The van der Waals surface area contributed by atoms with Gasteiger partial charge in [0.1, 0.15) is 5.82 Å². The lowest BCUT2D eigenvalue weighted by atomic mass is 10.2. The predicted octanol–water partition coefficient (Wildman–Crippen LogP) is 2.75. The van der Waals surface area contributed by atoms with Crippen LogP contribution in [-0.4, -0.2) is 40.0 Å². The fourth-order valence-corrected chi connectivity index (χ4v) is 3.41. The zero-order valence-corrected chi connectivity index (χ0v) is 12.8. The van der Waals surface area contributed by atoms with Gasteiger partial charge in [0, 0.05) is 36.2 Å². The number of rotatable bonds is 4. The van der Waals surface area contributed by atoms with Crippen LogP contribution in [-0.2, 0) is 0 Å². The van der Waals surface area contributed by atoms with E-state index in [0.29, 0.717) is 16.9 Å². The van der Waals surface area contributed by atoms with Gasteiger partial charge in [-0.1, -0.05) is 6.92 Å². The Kier molecular flexibility index (Phi) is 4.69. The second-order valence-electron chi connectivity index (χ2n) is 4.84. The third kappa shape index (κ3) is 2.98. The molecule has 1 aliphatic heterocycles. The molecule has 0 saturated carbocycles. The van der Waals surface area contributed by atoms with Gasteiger partial charge in [-0.2, -0.15) is 11.8 Å². The van der Waals surface area contributed by atoms with Crippen molar-refractivity contribution in [1.29, 1.82) is 0 Å². The van der Waals surface area contributed by atoms with E-state index in [-0.39, 0.29) is 16.7 Å². The number of thioether (sulfide) groups is 1. The van der Waals surface area contributed by atoms with Gasteiger partial charge in [0.25, 0.3) is 0 Å². The molecule has 0 aliphatic carbocycles. The lowest BCUT2D eigenvalue weighted by Crippen LogP contribution is -2.45. The summed E-state index contributed by atoms with van der Waals surface area (Å²) in [6, 6.07) is 3.44. The Balaban J connectivity index is 2.40. The van der Waals surface area contributed by atoms with Crippen LogP contribution in [0.1, 0.15) is 20.8 Å². The highest BCUT2D eigenvalue weighted by molar-refractivity contribution is 8.00. The lowest BCUT2D eigenvalue weighted by molar-refractivity contribution is -0.384. The minimum absolute atomic E-state index is 0.0811. The SMILES string of the molecule is CCNc1ccc([N+](=O)[O-])c(N2CCSC(C)C2C)n1. The average Bonchev–Trinajstić information content (AvgIpc) is 2.42. The van der Waals surface area contributed by atoms with E-state index in [1.807, 2.05) is 18.7 Å². The highest BCUT2D eigenvalue weighted by atomic mass is 32.2. The van der Waals surface area contributed by atoms with Gasteiger partial charge in [-0.3, -0.25) is 10.1 Å². The van der Waals surface area contributed by atoms with Crippen molar-refractivity contribution in [2.75, 3.05) is 29.1 Å². The molecule has 0 amide bonds. The molecule has 0 aromatic carbocycles. The summed E-state index contributed by atoms with van der Waals surface area (Å²) in [6.45, 7) is 7.76. The van der Waals surface area contributed by atoms with Crippen LogP contribution >= 0.6 is 11.8 Å². The first-order chi connectivity index (χ1) is 9.54. The maximum absolute atomic E-state index is 11.2. The normalized spacial score (nSPS) is 22.6. The molecule has 0 bridgehead atoms. The van der Waals surface area contributed by atoms with Gasteiger partial charge < -0.3 is 10.2 Å². The number of anilines is 2. The molecular weight excluding hydrogens is 276 g/mol. The summed E-state index contributed by atoms with van der Waals surface area (Å²) >= 11 is 1.90. The predicted molar refractivity (Wildman–Crippen MR) is 83.8 cm³/mol. The van der Waals surface area contributed by atoms with Crippen molar-refractivity contribution in [1.82, 2.24) is 4.98 Å². The van der Waals surface area contributed by atoms with Crippen LogP contribution in [0, 0.1) is 10.1 Å². The smallest absolute Gasteiger partial charge is 0.311 e. The van der Waals surface area contributed by atoms with Gasteiger partial charge in [0.15, 0.2) is 0 Å². The molecule has 1 aromatic heterocycles. The Hall–Kier alpha value is -1.50. The number of pyridine rings is 1. The Bertz CT molecular complexity index is 497. The van der Waals surface area contributed by atoms with Crippen LogP contribution in [0.5, 0.6) is 0 Å². The zero-order chi connectivity index (χ0) is 14.7. The van der Waals surface area contributed by atoms with E-state index in [0.717, 1.165) is 18.8 Å². The molecule has 1 aliphatic rings. The second-order valence-corrected chi connectivity index (χ2v) is 6.32. The Morgan fingerprint density at radius 2 is 2.30 bits per heavy atom. The lowest BCUT2D eigenvalue weighted by Gasteiger charge is -2.38. The standard InChI is InChI=1S/C13H20N4O2S/c1-4-14-12-6-5-11(17(18)19)13(15-12)16-7-8-20-10(3)9(16)2/h5-6,9-10H,4,7-8H2,1-3H3,(H,14,15). The van der Waals surface area contributed by atoms with Crippen molar-refractivity contribution in [2.45, 2.75) is 32.1 Å². The summed E-state index contributed by atoms with van der Waals surface area (Å²) in [5, 5.41) is 14.8. The molecule has 2 atom stereocenters. The van der Waals surface area contributed by atoms with Crippen LogP contribution in [0.4, 0.5) is 17.3 Å². The van der Waals surface area contributed by atoms with Crippen LogP contribution in [0.2, 0.25) is 0 Å². The van der Waals surface area contributed by atoms with Crippen molar-refractivity contribution < 1.29 is 4.92 Å². The largest absolute Gasteiger partial charge is 0.370 e. The third-order valence-electron chi connectivity index (χ3n) is 3.57. The first kappa shape index (κ1) is 14.9. The summed E-state index contributed by atoms with van der Waals surface area (Å²) in [7, 11) is 0. The number of nitrogens with one attached hydrogen (secondary N) is 1. The highest BCUT2D eigenvalue weighted by Crippen LogP contribution is 2.34. The molecule has 2 rings (SSSR count). The molecule has 7 heteroatoms. The number of hydrogen-bond acceptors (Lipinski definition) is 6. The Labute approximate surface area is 123 Å². The van der Waals surface area contributed by atoms with E-state index in [1.54, 1.807) is 12.1 Å². The molecule has 1 saturated heterocycles. The third-order valence-corrected chi connectivity index (χ3v) is 4.90. The van der Waals surface area contributed by atoms with E-state index < -0.39 is 0 Å². The molecular formula is C13H20N4O2S. The summed E-state index contributed by atoms with van der Waals surface area (Å²) < 4.78 is 0. The number of nitrogens with zero attached hydrogens (tertiary/aromatic N) is 3. The minimum Gasteiger partial charge on any atom is -0.370 e. The first-order valence-corrected chi connectivity index (χ1v) is 7.87. The van der Waals surface area contributed by atoms with Gasteiger partial charge in [0.05, 0.1) is 4.92 Å². The summed E-state index contributed by atoms with van der Waals surface area (Å²) in [4.78, 5) is 17.4. The van der Waals surface area contributed by atoms with Crippen LogP contribution < -0.4 is 10.2 Å². The van der Waals surface area contributed by atoms with Gasteiger partial charge in [-0.05, 0) is 19.9 Å². The van der Waals surface area contributed by atoms with Gasteiger partial charge in [-0.25, -0.2) is 4.98 Å². The van der Waals surface area contributed by atoms with Gasteiger partial charge in [0.2, 0.25) is 5.82 Å². The molecule has 1 fully saturated rings. The van der Waals surface area contributed by atoms with Crippen LogP contribution in [0.15, 0.2) is 12.1 Å². The van der Waals surface area contributed by atoms with E-state index in [9.17, 15) is 10.1 Å². The second kappa shape index (κ2) is 6.30. The van der Waals surface area contributed by atoms with Crippen molar-refractivity contribution in [3.63, 3.8) is 0 Å². The Morgan fingerprint density at radius 1 is 1.55 bits per heavy atom. The first-order valence-electron chi connectivity index (χ1n) is 6.82. The van der Waals surface area contributed by atoms with Gasteiger partial charge in [-0.15, -0.1) is 0 Å². The van der Waals surface area contributed by atoms with E-state index in [1.165, 1.54) is 0 Å². The molecule has 1 N–H and O–H groups in total. The van der Waals surface area contributed by atoms with E-state index >= 15 is 0 Å². The van der Waals surface area contributed by atoms with Crippen LogP contribution in [0.25, 0.3) is 0 Å². The Morgan fingerprint density at radius 3 is 2.95 bits per heavy atom. The fourth-order valence-electron chi connectivity index (χ4n) is 2.31. The highest BCUT2D eigenvalue weighted by Gasteiger charge is 2.31. The number of hydrogen-bond donors (Lipinski definition) is 1. The van der Waals surface area contributed by atoms with Gasteiger partial charge >= 0.3 is 5.69 Å². The van der Waals surface area contributed by atoms with Crippen molar-refractivity contribution in [3.8, 4) is 0 Å². The fraction of sp³-hybridized carbons (Fsp3) is 0.615. The van der Waals surface area contributed by atoms with E-state index in [4.69, 9.17) is 0 Å². The number of nitro groups is 1.